The molecule has 102 valence electrons. The van der Waals surface area contributed by atoms with Crippen molar-refractivity contribution in [3.63, 3.8) is 0 Å². The van der Waals surface area contributed by atoms with Crippen LogP contribution in [-0.4, -0.2) is 12.5 Å². The number of halogens is 2. The first kappa shape index (κ1) is 13.3. The standard InChI is InChI=1S/C15H12Cl2N2O/c16-11-6-12(17)8-13(7-11)19-15(20)10-2-1-9-3-4-18-14(9)5-10/h1-2,5-8,18H,3-4H2,(H,19,20). The van der Waals surface area contributed by atoms with Crippen molar-refractivity contribution < 1.29 is 4.79 Å². The van der Waals surface area contributed by atoms with Crippen LogP contribution in [0.5, 0.6) is 0 Å². The predicted octanol–water partition coefficient (Wildman–Crippen LogP) is 4.21. The first-order valence-electron chi connectivity index (χ1n) is 6.26. The summed E-state index contributed by atoms with van der Waals surface area (Å²) in [6.45, 7) is 0.921. The van der Waals surface area contributed by atoms with Crippen molar-refractivity contribution in [2.45, 2.75) is 6.42 Å². The Morgan fingerprint density at radius 1 is 1.10 bits per heavy atom. The molecule has 0 radical (unpaired) electrons. The number of rotatable bonds is 2. The second-order valence-electron chi connectivity index (χ2n) is 4.66. The second kappa shape index (κ2) is 5.35. The number of nitrogens with one attached hydrogen (secondary N) is 2. The Bertz CT molecular complexity index is 665. The van der Waals surface area contributed by atoms with Crippen molar-refractivity contribution >= 4 is 40.5 Å². The molecule has 2 N–H and O–H groups in total. The Hall–Kier alpha value is -1.71. The van der Waals surface area contributed by atoms with Crippen molar-refractivity contribution in [1.29, 1.82) is 0 Å². The normalized spacial score (nSPS) is 12.7. The van der Waals surface area contributed by atoms with Crippen LogP contribution in [0.3, 0.4) is 0 Å². The van der Waals surface area contributed by atoms with Gasteiger partial charge in [-0.15, -0.1) is 0 Å². The summed E-state index contributed by atoms with van der Waals surface area (Å²) in [4.78, 5) is 12.2. The van der Waals surface area contributed by atoms with Crippen LogP contribution in [0.15, 0.2) is 36.4 Å². The fourth-order valence-corrected chi connectivity index (χ4v) is 2.79. The van der Waals surface area contributed by atoms with Crippen LogP contribution in [0.1, 0.15) is 15.9 Å². The van der Waals surface area contributed by atoms with E-state index in [1.54, 1.807) is 18.2 Å². The van der Waals surface area contributed by atoms with E-state index in [9.17, 15) is 4.79 Å². The summed E-state index contributed by atoms with van der Waals surface area (Å²) >= 11 is 11.8. The van der Waals surface area contributed by atoms with Gasteiger partial charge in [-0.3, -0.25) is 4.79 Å². The molecular weight excluding hydrogens is 295 g/mol. The van der Waals surface area contributed by atoms with Gasteiger partial charge >= 0.3 is 0 Å². The van der Waals surface area contributed by atoms with Crippen LogP contribution < -0.4 is 10.6 Å². The van der Waals surface area contributed by atoms with Gasteiger partial charge in [-0.2, -0.15) is 0 Å². The number of hydrogen-bond acceptors (Lipinski definition) is 2. The summed E-state index contributed by atoms with van der Waals surface area (Å²) < 4.78 is 0. The number of amides is 1. The quantitative estimate of drug-likeness (QED) is 0.872. The molecule has 2 aromatic carbocycles. The molecule has 0 spiro atoms. The fraction of sp³-hybridized carbons (Fsp3) is 0.133. The predicted molar refractivity (Wildman–Crippen MR) is 83.1 cm³/mol. The van der Waals surface area contributed by atoms with Crippen LogP contribution >= 0.6 is 23.2 Å². The van der Waals surface area contributed by atoms with Crippen molar-refractivity contribution in [3.05, 3.63) is 57.6 Å². The highest BCUT2D eigenvalue weighted by molar-refractivity contribution is 6.35. The fourth-order valence-electron chi connectivity index (χ4n) is 2.26. The maximum atomic E-state index is 12.2. The van der Waals surface area contributed by atoms with Gasteiger partial charge in [0, 0.05) is 33.5 Å². The van der Waals surface area contributed by atoms with Crippen LogP contribution in [0.4, 0.5) is 11.4 Å². The molecule has 1 aliphatic rings. The lowest BCUT2D eigenvalue weighted by molar-refractivity contribution is 0.102. The molecule has 0 saturated carbocycles. The molecular formula is C15H12Cl2N2O. The molecule has 1 aliphatic heterocycles. The van der Waals surface area contributed by atoms with E-state index >= 15 is 0 Å². The van der Waals surface area contributed by atoms with Crippen molar-refractivity contribution in [1.82, 2.24) is 0 Å². The number of benzene rings is 2. The highest BCUT2D eigenvalue weighted by atomic mass is 35.5. The number of fused-ring (bicyclic) bond motifs is 1. The first-order valence-corrected chi connectivity index (χ1v) is 7.02. The molecule has 2 aromatic rings. The summed E-state index contributed by atoms with van der Waals surface area (Å²) in [6, 6.07) is 10.6. The maximum absolute atomic E-state index is 12.2. The number of carbonyl (C=O) groups excluding carboxylic acids is 1. The maximum Gasteiger partial charge on any atom is 0.255 e. The van der Waals surface area contributed by atoms with E-state index in [2.05, 4.69) is 10.6 Å². The van der Waals surface area contributed by atoms with Gasteiger partial charge < -0.3 is 10.6 Å². The molecule has 0 atom stereocenters. The summed E-state index contributed by atoms with van der Waals surface area (Å²) in [5, 5.41) is 7.03. The largest absolute Gasteiger partial charge is 0.384 e. The Labute approximate surface area is 126 Å². The lowest BCUT2D eigenvalue weighted by Crippen LogP contribution is -2.12. The van der Waals surface area contributed by atoms with Gasteiger partial charge in [0.05, 0.1) is 0 Å². The van der Waals surface area contributed by atoms with Crippen molar-refractivity contribution in [2.24, 2.45) is 0 Å². The molecule has 20 heavy (non-hydrogen) atoms. The van der Waals surface area contributed by atoms with Gasteiger partial charge in [0.25, 0.3) is 5.91 Å². The Morgan fingerprint density at radius 2 is 1.85 bits per heavy atom. The van der Waals surface area contributed by atoms with E-state index in [0.717, 1.165) is 18.7 Å². The van der Waals surface area contributed by atoms with Crippen LogP contribution in [0.2, 0.25) is 10.0 Å². The van der Waals surface area contributed by atoms with E-state index in [4.69, 9.17) is 23.2 Å². The minimum atomic E-state index is -0.181. The summed E-state index contributed by atoms with van der Waals surface area (Å²) in [5.41, 5.74) is 3.46. The van der Waals surface area contributed by atoms with Crippen molar-refractivity contribution in [2.75, 3.05) is 17.2 Å². The molecule has 0 saturated heterocycles. The molecule has 0 fully saturated rings. The highest BCUT2D eigenvalue weighted by Crippen LogP contribution is 2.25. The van der Waals surface area contributed by atoms with E-state index in [0.29, 0.717) is 21.3 Å². The van der Waals surface area contributed by atoms with E-state index in [1.807, 2.05) is 18.2 Å². The lowest BCUT2D eigenvalue weighted by Gasteiger charge is -2.08. The van der Waals surface area contributed by atoms with E-state index in [-0.39, 0.29) is 5.91 Å². The van der Waals surface area contributed by atoms with Gasteiger partial charge in [-0.1, -0.05) is 29.3 Å². The third-order valence-corrected chi connectivity index (χ3v) is 3.64. The Morgan fingerprint density at radius 3 is 2.60 bits per heavy atom. The van der Waals surface area contributed by atoms with Crippen molar-refractivity contribution in [3.8, 4) is 0 Å². The number of anilines is 2. The SMILES string of the molecule is O=C(Nc1cc(Cl)cc(Cl)c1)c1ccc2c(c1)NCC2. The molecule has 1 heterocycles. The molecule has 1 amide bonds. The van der Waals surface area contributed by atoms with Gasteiger partial charge in [0.2, 0.25) is 0 Å². The Kier molecular flexibility index (Phi) is 3.55. The third-order valence-electron chi connectivity index (χ3n) is 3.20. The summed E-state index contributed by atoms with van der Waals surface area (Å²) in [5.74, 6) is -0.181. The van der Waals surface area contributed by atoms with Gasteiger partial charge in [-0.25, -0.2) is 0 Å². The molecule has 0 bridgehead atoms. The lowest BCUT2D eigenvalue weighted by atomic mass is 10.1. The topological polar surface area (TPSA) is 41.1 Å². The van der Waals surface area contributed by atoms with Gasteiger partial charge in [0.15, 0.2) is 0 Å². The monoisotopic (exact) mass is 306 g/mol. The zero-order valence-electron chi connectivity index (χ0n) is 10.5. The number of carbonyl (C=O) groups is 1. The van der Waals surface area contributed by atoms with Gasteiger partial charge in [-0.05, 0) is 42.3 Å². The minimum Gasteiger partial charge on any atom is -0.384 e. The average molecular weight is 307 g/mol. The molecule has 0 aromatic heterocycles. The zero-order valence-corrected chi connectivity index (χ0v) is 12.1. The highest BCUT2D eigenvalue weighted by Gasteiger charge is 2.13. The third kappa shape index (κ3) is 2.74. The zero-order chi connectivity index (χ0) is 14.1. The van der Waals surface area contributed by atoms with E-state index < -0.39 is 0 Å². The Balaban J connectivity index is 1.82. The van der Waals surface area contributed by atoms with Gasteiger partial charge in [0.1, 0.15) is 0 Å². The summed E-state index contributed by atoms with van der Waals surface area (Å²) in [7, 11) is 0. The minimum absolute atomic E-state index is 0.181. The molecule has 0 unspecified atom stereocenters. The molecule has 3 rings (SSSR count). The second-order valence-corrected chi connectivity index (χ2v) is 5.53. The average Bonchev–Trinajstić information content (AvgIpc) is 2.84. The number of hydrogen-bond donors (Lipinski definition) is 2. The summed E-state index contributed by atoms with van der Waals surface area (Å²) in [6.07, 6.45) is 1.00. The van der Waals surface area contributed by atoms with Crippen LogP contribution in [0.25, 0.3) is 0 Å². The van der Waals surface area contributed by atoms with Crippen LogP contribution in [-0.2, 0) is 6.42 Å². The molecule has 0 aliphatic carbocycles. The van der Waals surface area contributed by atoms with E-state index in [1.165, 1.54) is 5.56 Å². The smallest absolute Gasteiger partial charge is 0.255 e. The van der Waals surface area contributed by atoms with Crippen LogP contribution in [0, 0.1) is 0 Å². The first-order chi connectivity index (χ1) is 9.61. The molecule has 5 heteroatoms. The molecule has 3 nitrogen and oxygen atoms in total.